The summed E-state index contributed by atoms with van der Waals surface area (Å²) in [5.74, 6) is 0.000123. The molecule has 0 saturated carbocycles. The molecule has 0 spiro atoms. The van der Waals surface area contributed by atoms with Gasteiger partial charge in [0.05, 0.1) is 0 Å². The average molecular weight is 382 g/mol. The Morgan fingerprint density at radius 2 is 1.72 bits per heavy atom. The van der Waals surface area contributed by atoms with Crippen LogP contribution in [0.25, 0.3) is 0 Å². The van der Waals surface area contributed by atoms with E-state index in [1.807, 2.05) is 30.3 Å². The average Bonchev–Trinajstić information content (AvgIpc) is 3.02. The summed E-state index contributed by atoms with van der Waals surface area (Å²) in [5, 5.41) is 3.14. The van der Waals surface area contributed by atoms with E-state index in [1.54, 1.807) is 0 Å². The summed E-state index contributed by atoms with van der Waals surface area (Å²) in [6, 6.07) is 18.2. The minimum absolute atomic E-state index is 0. The topological polar surface area (TPSA) is 58.4 Å². The van der Waals surface area contributed by atoms with E-state index in [2.05, 4.69) is 34.5 Å². The summed E-state index contributed by atoms with van der Waals surface area (Å²) in [7, 11) is 0. The van der Waals surface area contributed by atoms with Gasteiger partial charge < -0.3 is 11.1 Å². The van der Waals surface area contributed by atoms with Crippen molar-refractivity contribution in [1.82, 2.24) is 10.2 Å². The maximum absolute atomic E-state index is 12.3. The van der Waals surface area contributed by atoms with Gasteiger partial charge >= 0.3 is 0 Å². The zero-order valence-electron chi connectivity index (χ0n) is 14.1. The molecule has 2 aromatic carbocycles. The van der Waals surface area contributed by atoms with E-state index in [0.717, 1.165) is 31.6 Å². The Labute approximate surface area is 161 Å². The number of amides is 1. The van der Waals surface area contributed by atoms with Gasteiger partial charge in [-0.3, -0.25) is 9.69 Å². The molecular formula is C19H25Cl2N3O. The highest BCUT2D eigenvalue weighted by atomic mass is 35.5. The van der Waals surface area contributed by atoms with Crippen LogP contribution in [0.15, 0.2) is 54.6 Å². The maximum Gasteiger partial charge on any atom is 0.251 e. The maximum atomic E-state index is 12.3. The van der Waals surface area contributed by atoms with E-state index < -0.39 is 0 Å². The van der Waals surface area contributed by atoms with Crippen molar-refractivity contribution in [1.29, 1.82) is 0 Å². The molecule has 1 fully saturated rings. The fourth-order valence-electron chi connectivity index (χ4n) is 3.00. The minimum Gasteiger partial charge on any atom is -0.348 e. The smallest absolute Gasteiger partial charge is 0.251 e. The summed E-state index contributed by atoms with van der Waals surface area (Å²) >= 11 is 0. The van der Waals surface area contributed by atoms with Gasteiger partial charge in [-0.25, -0.2) is 0 Å². The fourth-order valence-corrected chi connectivity index (χ4v) is 3.00. The Balaban J connectivity index is 0.00000156. The molecule has 0 aliphatic carbocycles. The molecule has 4 nitrogen and oxygen atoms in total. The summed E-state index contributed by atoms with van der Waals surface area (Å²) < 4.78 is 0. The van der Waals surface area contributed by atoms with Crippen LogP contribution in [0.5, 0.6) is 0 Å². The lowest BCUT2D eigenvalue weighted by molar-refractivity contribution is 0.0937. The van der Waals surface area contributed by atoms with Gasteiger partial charge in [0.15, 0.2) is 0 Å². The van der Waals surface area contributed by atoms with Crippen molar-refractivity contribution in [2.24, 2.45) is 5.73 Å². The third-order valence-electron chi connectivity index (χ3n) is 4.31. The first-order valence-corrected chi connectivity index (χ1v) is 8.11. The van der Waals surface area contributed by atoms with E-state index in [1.165, 1.54) is 5.56 Å². The predicted molar refractivity (Wildman–Crippen MR) is 106 cm³/mol. The van der Waals surface area contributed by atoms with Crippen LogP contribution in [0.2, 0.25) is 0 Å². The lowest BCUT2D eigenvalue weighted by Crippen LogP contribution is -2.37. The van der Waals surface area contributed by atoms with Crippen molar-refractivity contribution in [3.63, 3.8) is 0 Å². The molecule has 3 N–H and O–H groups in total. The first kappa shape index (κ1) is 21.5. The van der Waals surface area contributed by atoms with Gasteiger partial charge in [-0.1, -0.05) is 42.5 Å². The van der Waals surface area contributed by atoms with Gasteiger partial charge in [-0.15, -0.1) is 24.8 Å². The number of hydrogen-bond acceptors (Lipinski definition) is 3. The molecule has 0 radical (unpaired) electrons. The van der Waals surface area contributed by atoms with Crippen molar-refractivity contribution in [2.75, 3.05) is 13.1 Å². The molecule has 1 aliphatic heterocycles. The van der Waals surface area contributed by atoms with Crippen molar-refractivity contribution in [3.8, 4) is 0 Å². The zero-order chi connectivity index (χ0) is 16.1. The molecule has 0 aromatic heterocycles. The monoisotopic (exact) mass is 381 g/mol. The molecule has 1 aliphatic rings. The predicted octanol–water partition coefficient (Wildman–Crippen LogP) is 2.99. The highest BCUT2D eigenvalue weighted by Gasteiger charge is 2.24. The number of nitrogens with one attached hydrogen (secondary N) is 1. The van der Waals surface area contributed by atoms with E-state index in [4.69, 9.17) is 5.73 Å². The van der Waals surface area contributed by atoms with Crippen LogP contribution in [-0.4, -0.2) is 29.9 Å². The number of nitrogens with zero attached hydrogens (tertiary/aromatic N) is 1. The van der Waals surface area contributed by atoms with E-state index >= 15 is 0 Å². The molecule has 1 saturated heterocycles. The highest BCUT2D eigenvalue weighted by molar-refractivity contribution is 5.94. The van der Waals surface area contributed by atoms with Crippen molar-refractivity contribution >= 4 is 30.7 Å². The molecule has 1 amide bonds. The highest BCUT2D eigenvalue weighted by Crippen LogP contribution is 2.14. The number of carbonyl (C=O) groups excluding carboxylic acids is 1. The molecule has 1 atom stereocenters. The first-order valence-electron chi connectivity index (χ1n) is 8.11. The van der Waals surface area contributed by atoms with Gasteiger partial charge in [0, 0.05) is 37.8 Å². The summed E-state index contributed by atoms with van der Waals surface area (Å²) in [5.41, 5.74) is 8.63. The van der Waals surface area contributed by atoms with Crippen LogP contribution < -0.4 is 11.1 Å². The second-order valence-corrected chi connectivity index (χ2v) is 6.08. The first-order chi connectivity index (χ1) is 11.2. The molecule has 1 heterocycles. The number of nitrogens with two attached hydrogens (primary N) is 1. The van der Waals surface area contributed by atoms with Gasteiger partial charge in [0.2, 0.25) is 0 Å². The van der Waals surface area contributed by atoms with Crippen LogP contribution in [0.1, 0.15) is 27.9 Å². The summed E-state index contributed by atoms with van der Waals surface area (Å²) in [6.45, 7) is 3.37. The lowest BCUT2D eigenvalue weighted by Gasteiger charge is -2.17. The molecule has 6 heteroatoms. The standard InChI is InChI=1S/C19H23N3O.2ClH/c20-12-15-6-8-17(9-7-15)19(23)21-18-10-11-22(14-18)13-16-4-2-1-3-5-16;;/h1-9,18H,10-14,20H2,(H,21,23);2*1H. The minimum atomic E-state index is 0. The molecule has 2 aromatic rings. The van der Waals surface area contributed by atoms with E-state index in [0.29, 0.717) is 12.1 Å². The Morgan fingerprint density at radius 3 is 2.36 bits per heavy atom. The third kappa shape index (κ3) is 6.01. The summed E-state index contributed by atoms with van der Waals surface area (Å²) in [6.07, 6.45) is 0.999. The van der Waals surface area contributed by atoms with Crippen LogP contribution in [-0.2, 0) is 13.1 Å². The van der Waals surface area contributed by atoms with Crippen LogP contribution in [0, 0.1) is 0 Å². The Kier molecular flexibility index (Phi) is 8.93. The second-order valence-electron chi connectivity index (χ2n) is 6.08. The van der Waals surface area contributed by atoms with E-state index in [9.17, 15) is 4.79 Å². The Hall–Kier alpha value is -1.59. The molecule has 25 heavy (non-hydrogen) atoms. The second kappa shape index (κ2) is 10.4. The van der Waals surface area contributed by atoms with Gasteiger partial charge in [0.25, 0.3) is 5.91 Å². The van der Waals surface area contributed by atoms with Crippen molar-refractivity contribution in [3.05, 3.63) is 71.3 Å². The van der Waals surface area contributed by atoms with Gasteiger partial charge in [0.1, 0.15) is 0 Å². The van der Waals surface area contributed by atoms with Crippen LogP contribution in [0.4, 0.5) is 0 Å². The van der Waals surface area contributed by atoms with Crippen LogP contribution >= 0.6 is 24.8 Å². The lowest BCUT2D eigenvalue weighted by atomic mass is 10.1. The van der Waals surface area contributed by atoms with Crippen LogP contribution in [0.3, 0.4) is 0 Å². The van der Waals surface area contributed by atoms with Gasteiger partial charge in [-0.05, 0) is 29.7 Å². The number of hydrogen-bond donors (Lipinski definition) is 2. The summed E-state index contributed by atoms with van der Waals surface area (Å²) in [4.78, 5) is 14.7. The SMILES string of the molecule is Cl.Cl.NCc1ccc(C(=O)NC2CCN(Cc3ccccc3)C2)cc1. The number of halogens is 2. The number of rotatable bonds is 5. The Morgan fingerprint density at radius 1 is 1.04 bits per heavy atom. The number of likely N-dealkylation sites (tertiary alicyclic amines) is 1. The largest absolute Gasteiger partial charge is 0.348 e. The normalized spacial score (nSPS) is 16.6. The van der Waals surface area contributed by atoms with E-state index in [-0.39, 0.29) is 36.8 Å². The van der Waals surface area contributed by atoms with Gasteiger partial charge in [-0.2, -0.15) is 0 Å². The molecule has 0 bridgehead atoms. The fraction of sp³-hybridized carbons (Fsp3) is 0.316. The molecule has 1 unspecified atom stereocenters. The third-order valence-corrected chi connectivity index (χ3v) is 4.31. The zero-order valence-corrected chi connectivity index (χ0v) is 15.7. The Bertz CT molecular complexity index is 649. The van der Waals surface area contributed by atoms with Crippen molar-refractivity contribution < 1.29 is 4.79 Å². The molecule has 136 valence electrons. The molecule has 3 rings (SSSR count). The van der Waals surface area contributed by atoms with Crippen molar-refractivity contribution in [2.45, 2.75) is 25.6 Å². The molecular weight excluding hydrogens is 357 g/mol. The number of carbonyl (C=O) groups is 1. The quantitative estimate of drug-likeness (QED) is 0.836. The number of benzene rings is 2.